The number of rotatable bonds is 8. The molecule has 0 amide bonds. The Bertz CT molecular complexity index is 935. The quantitative estimate of drug-likeness (QED) is 0.494. The maximum Gasteiger partial charge on any atom is 0.389 e. The highest BCUT2D eigenvalue weighted by molar-refractivity contribution is 5.97. The first kappa shape index (κ1) is 23.4. The second kappa shape index (κ2) is 9.32. The van der Waals surface area contributed by atoms with Crippen LogP contribution in [0.5, 0.6) is 11.5 Å². The summed E-state index contributed by atoms with van der Waals surface area (Å²) in [7, 11) is 2.83. The molecule has 0 aromatic heterocycles. The predicted molar refractivity (Wildman–Crippen MR) is 108 cm³/mol. The average Bonchev–Trinajstić information content (AvgIpc) is 2.69. The van der Waals surface area contributed by atoms with E-state index < -0.39 is 24.4 Å². The third kappa shape index (κ3) is 5.40. The predicted octanol–water partition coefficient (Wildman–Crippen LogP) is 5.95. The van der Waals surface area contributed by atoms with Crippen molar-refractivity contribution in [3.8, 4) is 11.5 Å². The number of ether oxygens (including phenoxy) is 2. The van der Waals surface area contributed by atoms with Crippen molar-refractivity contribution in [2.24, 2.45) is 0 Å². The lowest BCUT2D eigenvalue weighted by Gasteiger charge is -2.27. The number of Topliss-reactive ketones (excluding diaryl/α,β-unsaturated/α-hetero) is 2. The van der Waals surface area contributed by atoms with E-state index in [0.717, 1.165) is 0 Å². The summed E-state index contributed by atoms with van der Waals surface area (Å²) < 4.78 is 50.6. The average molecular weight is 422 g/mol. The molecule has 0 saturated heterocycles. The third-order valence-electron chi connectivity index (χ3n) is 5.21. The topological polar surface area (TPSA) is 52.6 Å². The zero-order valence-electron chi connectivity index (χ0n) is 17.6. The van der Waals surface area contributed by atoms with Gasteiger partial charge in [0.15, 0.2) is 11.6 Å². The minimum absolute atomic E-state index is 0.230. The van der Waals surface area contributed by atoms with E-state index in [2.05, 4.69) is 0 Å². The van der Waals surface area contributed by atoms with Crippen molar-refractivity contribution in [2.75, 3.05) is 14.2 Å². The number of alkyl halides is 3. The molecule has 0 radical (unpaired) electrons. The first-order valence-corrected chi connectivity index (χ1v) is 9.43. The Balaban J connectivity index is 2.58. The number of carbonyl (C=O) groups is 2. The van der Waals surface area contributed by atoms with Crippen LogP contribution in [0, 0.1) is 0 Å². The van der Waals surface area contributed by atoms with Crippen LogP contribution in [0.15, 0.2) is 36.4 Å². The van der Waals surface area contributed by atoms with Gasteiger partial charge in [0.1, 0.15) is 11.5 Å². The Morgan fingerprint density at radius 3 is 1.70 bits per heavy atom. The molecule has 2 unspecified atom stereocenters. The van der Waals surface area contributed by atoms with Crippen molar-refractivity contribution in [1.29, 1.82) is 0 Å². The van der Waals surface area contributed by atoms with E-state index in [4.69, 9.17) is 9.47 Å². The smallest absolute Gasteiger partial charge is 0.389 e. The lowest BCUT2D eigenvalue weighted by Crippen LogP contribution is -2.19. The van der Waals surface area contributed by atoms with Crippen LogP contribution < -0.4 is 9.47 Å². The highest BCUT2D eigenvalue weighted by atomic mass is 19.4. The summed E-state index contributed by atoms with van der Waals surface area (Å²) in [6, 6.07) is 9.34. The molecule has 0 heterocycles. The minimum atomic E-state index is -4.41. The third-order valence-corrected chi connectivity index (χ3v) is 5.21. The van der Waals surface area contributed by atoms with E-state index in [1.54, 1.807) is 31.2 Å². The van der Waals surface area contributed by atoms with Crippen molar-refractivity contribution in [1.82, 2.24) is 0 Å². The Morgan fingerprint density at radius 2 is 1.30 bits per heavy atom. The summed E-state index contributed by atoms with van der Waals surface area (Å²) in [6.45, 7) is 4.40. The molecule has 0 aliphatic rings. The van der Waals surface area contributed by atoms with Crippen LogP contribution in [-0.4, -0.2) is 32.0 Å². The van der Waals surface area contributed by atoms with Crippen molar-refractivity contribution < 1.29 is 32.2 Å². The van der Waals surface area contributed by atoms with E-state index in [1.807, 2.05) is 0 Å². The fourth-order valence-electron chi connectivity index (χ4n) is 3.58. The Kier molecular flexibility index (Phi) is 7.29. The summed E-state index contributed by atoms with van der Waals surface area (Å²) in [4.78, 5) is 23.9. The lowest BCUT2D eigenvalue weighted by atomic mass is 9.79. The second-order valence-corrected chi connectivity index (χ2v) is 7.25. The van der Waals surface area contributed by atoms with Crippen LogP contribution in [0.1, 0.15) is 70.9 Å². The van der Waals surface area contributed by atoms with Gasteiger partial charge in [-0.1, -0.05) is 19.1 Å². The van der Waals surface area contributed by atoms with E-state index in [9.17, 15) is 22.8 Å². The normalized spacial score (nSPS) is 13.5. The summed E-state index contributed by atoms with van der Waals surface area (Å²) >= 11 is 0. The first-order valence-electron chi connectivity index (χ1n) is 9.43. The lowest BCUT2D eigenvalue weighted by molar-refractivity contribution is -0.139. The molecule has 2 aromatic carbocycles. The zero-order chi connectivity index (χ0) is 22.6. The minimum Gasteiger partial charge on any atom is -0.496 e. The van der Waals surface area contributed by atoms with Crippen LogP contribution in [0.2, 0.25) is 0 Å². The monoisotopic (exact) mass is 422 g/mol. The summed E-state index contributed by atoms with van der Waals surface area (Å²) in [5, 5.41) is 0. The van der Waals surface area contributed by atoms with Gasteiger partial charge in [-0.05, 0) is 61.1 Å². The molecule has 0 N–H and O–H groups in total. The fourth-order valence-corrected chi connectivity index (χ4v) is 3.58. The number of hydrogen-bond donors (Lipinski definition) is 0. The van der Waals surface area contributed by atoms with E-state index in [-0.39, 0.29) is 17.1 Å². The van der Waals surface area contributed by atoms with Crippen molar-refractivity contribution in [3.63, 3.8) is 0 Å². The molecule has 0 aliphatic carbocycles. The molecule has 0 aliphatic heterocycles. The molecule has 0 fully saturated rings. The second-order valence-electron chi connectivity index (χ2n) is 7.25. The van der Waals surface area contributed by atoms with Crippen molar-refractivity contribution in [3.05, 3.63) is 58.7 Å². The van der Waals surface area contributed by atoms with Gasteiger partial charge in [-0.15, -0.1) is 0 Å². The number of benzene rings is 2. The van der Waals surface area contributed by atoms with E-state index >= 15 is 0 Å². The SMILES string of the molecule is COc1ccc(C(C)C(CC(F)(F)F)c2ccc(OC)c(C(C)=O)c2)cc1C(C)=O. The van der Waals surface area contributed by atoms with Gasteiger partial charge in [-0.3, -0.25) is 9.59 Å². The summed E-state index contributed by atoms with van der Waals surface area (Å²) in [5.74, 6) is -1.39. The Labute approximate surface area is 174 Å². The van der Waals surface area contributed by atoms with E-state index in [0.29, 0.717) is 28.2 Å². The van der Waals surface area contributed by atoms with Gasteiger partial charge in [0.2, 0.25) is 0 Å². The molecule has 162 valence electrons. The maximum absolute atomic E-state index is 13.4. The summed E-state index contributed by atoms with van der Waals surface area (Å²) in [6.07, 6.45) is -5.48. The van der Waals surface area contributed by atoms with E-state index in [1.165, 1.54) is 40.2 Å². The van der Waals surface area contributed by atoms with Crippen LogP contribution in [-0.2, 0) is 0 Å². The molecular weight excluding hydrogens is 397 g/mol. The first-order chi connectivity index (χ1) is 14.0. The summed E-state index contributed by atoms with van der Waals surface area (Å²) in [5.41, 5.74) is 1.50. The number of ketones is 2. The van der Waals surface area contributed by atoms with Gasteiger partial charge < -0.3 is 9.47 Å². The number of hydrogen-bond acceptors (Lipinski definition) is 4. The highest BCUT2D eigenvalue weighted by Crippen LogP contribution is 2.42. The standard InChI is InChI=1S/C23H25F3O4/c1-13(16-6-8-21(29-4)18(10-16)14(2)27)20(12-23(24,25)26)17-7-9-22(30-5)19(11-17)15(3)28/h6-11,13,20H,12H2,1-5H3. The number of carbonyl (C=O) groups excluding carboxylic acids is 2. The molecule has 2 aromatic rings. The van der Waals surface area contributed by atoms with Crippen molar-refractivity contribution in [2.45, 2.75) is 45.2 Å². The van der Waals surface area contributed by atoms with Gasteiger partial charge in [-0.2, -0.15) is 13.2 Å². The molecule has 2 atom stereocenters. The molecule has 0 spiro atoms. The van der Waals surface area contributed by atoms with Crippen LogP contribution in [0.25, 0.3) is 0 Å². The largest absolute Gasteiger partial charge is 0.496 e. The van der Waals surface area contributed by atoms with Crippen LogP contribution in [0.3, 0.4) is 0 Å². The zero-order valence-corrected chi connectivity index (χ0v) is 17.6. The fraction of sp³-hybridized carbons (Fsp3) is 0.391. The molecule has 30 heavy (non-hydrogen) atoms. The van der Waals surface area contributed by atoms with Crippen LogP contribution >= 0.6 is 0 Å². The Hall–Kier alpha value is -2.83. The van der Waals surface area contributed by atoms with Gasteiger partial charge >= 0.3 is 6.18 Å². The molecule has 4 nitrogen and oxygen atoms in total. The molecule has 0 saturated carbocycles. The van der Waals surface area contributed by atoms with Gasteiger partial charge in [0, 0.05) is 0 Å². The molecule has 2 rings (SSSR count). The number of halogens is 3. The molecular formula is C23H25F3O4. The van der Waals surface area contributed by atoms with Gasteiger partial charge in [-0.25, -0.2) is 0 Å². The van der Waals surface area contributed by atoms with Crippen LogP contribution in [0.4, 0.5) is 13.2 Å². The molecule has 0 bridgehead atoms. The maximum atomic E-state index is 13.4. The van der Waals surface area contributed by atoms with Gasteiger partial charge in [0.05, 0.1) is 31.8 Å². The van der Waals surface area contributed by atoms with Gasteiger partial charge in [0.25, 0.3) is 0 Å². The molecule has 7 heteroatoms. The Morgan fingerprint density at radius 1 is 0.867 bits per heavy atom. The van der Waals surface area contributed by atoms with Crippen molar-refractivity contribution >= 4 is 11.6 Å². The number of methoxy groups -OCH3 is 2. The highest BCUT2D eigenvalue weighted by Gasteiger charge is 2.36.